The van der Waals surface area contributed by atoms with Crippen LogP contribution in [-0.4, -0.2) is 39.1 Å². The highest BCUT2D eigenvalue weighted by Gasteiger charge is 2.27. The molecule has 0 saturated heterocycles. The lowest BCUT2D eigenvalue weighted by atomic mass is 9.95. The number of thiophene rings is 2. The fourth-order valence-electron chi connectivity index (χ4n) is 3.87. The van der Waals surface area contributed by atoms with Crippen LogP contribution in [0.1, 0.15) is 55.8 Å². The number of esters is 1. The van der Waals surface area contributed by atoms with Crippen LogP contribution in [0.3, 0.4) is 0 Å². The summed E-state index contributed by atoms with van der Waals surface area (Å²) in [6, 6.07) is 0. The maximum Gasteiger partial charge on any atom is 0.346 e. The van der Waals surface area contributed by atoms with Gasteiger partial charge in [-0.25, -0.2) is 14.6 Å². The normalized spacial score (nSPS) is 13.1. The molecule has 0 aliphatic heterocycles. The highest BCUT2D eigenvalue weighted by molar-refractivity contribution is 7.20. The highest BCUT2D eigenvalue weighted by atomic mass is 32.1. The largest absolute Gasteiger partial charge is 0.477 e. The fourth-order valence-corrected chi connectivity index (χ4v) is 6.14. The molecular formula is C21H21N3O6S2. The molecule has 1 amide bonds. The predicted molar refractivity (Wildman–Crippen MR) is 121 cm³/mol. The molecule has 0 fully saturated rings. The molecule has 0 bridgehead atoms. The minimum atomic E-state index is -1.12. The van der Waals surface area contributed by atoms with Gasteiger partial charge in [0, 0.05) is 4.88 Å². The number of carbonyl (C=O) groups is 3. The van der Waals surface area contributed by atoms with Gasteiger partial charge in [0.2, 0.25) is 5.91 Å². The quantitative estimate of drug-likeness (QED) is 0.524. The molecule has 3 aromatic rings. The van der Waals surface area contributed by atoms with E-state index in [0.717, 1.165) is 52.0 Å². The SMILES string of the molecule is CCOC(=O)c1c(NC(=O)Cn2cnc3sc(C(=O)O)c(C)c3c2=O)sc2c1CCCC2. The number of ether oxygens (including phenoxy) is 1. The molecule has 0 atom stereocenters. The summed E-state index contributed by atoms with van der Waals surface area (Å²) in [6.45, 7) is 3.20. The van der Waals surface area contributed by atoms with Crippen molar-refractivity contribution in [3.05, 3.63) is 43.1 Å². The Morgan fingerprint density at radius 1 is 1.25 bits per heavy atom. The summed E-state index contributed by atoms with van der Waals surface area (Å²) in [5.41, 5.74) is 1.19. The minimum Gasteiger partial charge on any atom is -0.477 e. The number of nitrogens with one attached hydrogen (secondary N) is 1. The minimum absolute atomic E-state index is 0.0510. The number of rotatable bonds is 6. The molecule has 1 aliphatic rings. The number of anilines is 1. The Morgan fingerprint density at radius 2 is 2.00 bits per heavy atom. The Bertz CT molecular complexity index is 1300. The smallest absolute Gasteiger partial charge is 0.346 e. The fraction of sp³-hybridized carbons (Fsp3) is 0.381. The van der Waals surface area contributed by atoms with Gasteiger partial charge in [0.15, 0.2) is 0 Å². The monoisotopic (exact) mass is 475 g/mol. The second-order valence-corrected chi connectivity index (χ2v) is 9.51. The molecular weight excluding hydrogens is 454 g/mol. The summed E-state index contributed by atoms with van der Waals surface area (Å²) in [5, 5.41) is 12.7. The second-order valence-electron chi connectivity index (χ2n) is 7.40. The van der Waals surface area contributed by atoms with E-state index in [1.807, 2.05) is 0 Å². The number of fused-ring (bicyclic) bond motifs is 2. The Kier molecular flexibility index (Phi) is 6.11. The summed E-state index contributed by atoms with van der Waals surface area (Å²) in [6.07, 6.45) is 4.86. The first-order chi connectivity index (χ1) is 15.3. The third-order valence-corrected chi connectivity index (χ3v) is 7.72. The van der Waals surface area contributed by atoms with Crippen LogP contribution >= 0.6 is 22.7 Å². The average molecular weight is 476 g/mol. The summed E-state index contributed by atoms with van der Waals surface area (Å²) >= 11 is 2.30. The Hall–Kier alpha value is -3.05. The van der Waals surface area contributed by atoms with E-state index >= 15 is 0 Å². The number of carboxylic acids is 1. The molecule has 3 aromatic heterocycles. The lowest BCUT2D eigenvalue weighted by Crippen LogP contribution is -2.28. The topological polar surface area (TPSA) is 128 Å². The molecule has 0 aromatic carbocycles. The Balaban J connectivity index is 1.63. The summed E-state index contributed by atoms with van der Waals surface area (Å²) in [5.74, 6) is -2.07. The van der Waals surface area contributed by atoms with Gasteiger partial charge in [0.1, 0.15) is 21.3 Å². The first-order valence-corrected chi connectivity index (χ1v) is 11.8. The molecule has 0 saturated carbocycles. The molecule has 0 unspecified atom stereocenters. The van der Waals surface area contributed by atoms with E-state index in [-0.39, 0.29) is 23.4 Å². The molecule has 3 heterocycles. The number of aromatic carboxylic acids is 1. The van der Waals surface area contributed by atoms with E-state index in [4.69, 9.17) is 4.74 Å². The Labute approximate surface area is 190 Å². The number of aryl methyl sites for hydroxylation is 2. The van der Waals surface area contributed by atoms with Gasteiger partial charge in [0.25, 0.3) is 5.56 Å². The molecule has 9 nitrogen and oxygen atoms in total. The van der Waals surface area contributed by atoms with E-state index in [0.29, 0.717) is 21.0 Å². The van der Waals surface area contributed by atoms with Gasteiger partial charge in [-0.15, -0.1) is 22.7 Å². The standard InChI is InChI=1S/C21H21N3O6S2/c1-3-30-21(29)15-11-6-4-5-7-12(11)31-18(15)23-13(25)8-24-9-22-17-14(19(24)26)10(2)16(32-17)20(27)28/h9H,3-8H2,1-2H3,(H,23,25)(H,27,28). The van der Waals surface area contributed by atoms with Crippen LogP contribution in [0.15, 0.2) is 11.1 Å². The number of carboxylic acid groups (broad SMARTS) is 1. The summed E-state index contributed by atoms with van der Waals surface area (Å²) in [4.78, 5) is 55.2. The number of hydrogen-bond donors (Lipinski definition) is 2. The van der Waals surface area contributed by atoms with Crippen LogP contribution < -0.4 is 10.9 Å². The molecule has 4 rings (SSSR count). The zero-order valence-electron chi connectivity index (χ0n) is 17.5. The van der Waals surface area contributed by atoms with E-state index in [1.165, 1.54) is 17.7 Å². The van der Waals surface area contributed by atoms with Crippen LogP contribution in [-0.2, 0) is 28.9 Å². The van der Waals surface area contributed by atoms with Crippen molar-refractivity contribution in [2.75, 3.05) is 11.9 Å². The van der Waals surface area contributed by atoms with Crippen LogP contribution in [0, 0.1) is 6.92 Å². The zero-order valence-corrected chi connectivity index (χ0v) is 19.2. The maximum atomic E-state index is 12.9. The van der Waals surface area contributed by atoms with Crippen molar-refractivity contribution in [1.29, 1.82) is 0 Å². The van der Waals surface area contributed by atoms with Crippen molar-refractivity contribution in [3.63, 3.8) is 0 Å². The first kappa shape index (κ1) is 22.2. The van der Waals surface area contributed by atoms with Gasteiger partial charge in [-0.3, -0.25) is 14.2 Å². The molecule has 11 heteroatoms. The number of hydrogen-bond acceptors (Lipinski definition) is 8. The van der Waals surface area contributed by atoms with Crippen LogP contribution in [0.25, 0.3) is 10.2 Å². The molecule has 1 aliphatic carbocycles. The van der Waals surface area contributed by atoms with Crippen molar-refractivity contribution in [2.45, 2.75) is 46.1 Å². The number of nitrogens with zero attached hydrogens (tertiary/aromatic N) is 2. The molecule has 0 radical (unpaired) electrons. The third-order valence-electron chi connectivity index (χ3n) is 5.33. The molecule has 2 N–H and O–H groups in total. The predicted octanol–water partition coefficient (Wildman–Crippen LogP) is 3.22. The van der Waals surface area contributed by atoms with Crippen molar-refractivity contribution in [2.24, 2.45) is 0 Å². The van der Waals surface area contributed by atoms with Crippen molar-refractivity contribution in [1.82, 2.24) is 9.55 Å². The van der Waals surface area contributed by atoms with Gasteiger partial charge in [-0.05, 0) is 50.7 Å². The van der Waals surface area contributed by atoms with Gasteiger partial charge in [-0.1, -0.05) is 0 Å². The van der Waals surface area contributed by atoms with Gasteiger partial charge in [-0.2, -0.15) is 0 Å². The maximum absolute atomic E-state index is 12.9. The summed E-state index contributed by atoms with van der Waals surface area (Å²) < 4.78 is 6.34. The first-order valence-electron chi connectivity index (χ1n) is 10.1. The van der Waals surface area contributed by atoms with Gasteiger partial charge < -0.3 is 15.2 Å². The zero-order chi connectivity index (χ0) is 23.0. The van der Waals surface area contributed by atoms with Crippen molar-refractivity contribution < 1.29 is 24.2 Å². The van der Waals surface area contributed by atoms with Gasteiger partial charge >= 0.3 is 11.9 Å². The van der Waals surface area contributed by atoms with E-state index in [9.17, 15) is 24.3 Å². The van der Waals surface area contributed by atoms with Gasteiger partial charge in [0.05, 0.1) is 23.9 Å². The molecule has 0 spiro atoms. The number of carbonyl (C=O) groups excluding carboxylic acids is 2. The van der Waals surface area contributed by atoms with Crippen LogP contribution in [0.5, 0.6) is 0 Å². The van der Waals surface area contributed by atoms with E-state index in [1.54, 1.807) is 13.8 Å². The Morgan fingerprint density at radius 3 is 2.72 bits per heavy atom. The van der Waals surface area contributed by atoms with Crippen LogP contribution in [0.2, 0.25) is 0 Å². The second kappa shape index (κ2) is 8.83. The number of aromatic nitrogens is 2. The highest BCUT2D eigenvalue weighted by Crippen LogP contribution is 2.38. The number of amides is 1. The van der Waals surface area contributed by atoms with Crippen molar-refractivity contribution in [3.8, 4) is 0 Å². The lowest BCUT2D eigenvalue weighted by molar-refractivity contribution is -0.116. The van der Waals surface area contributed by atoms with Crippen LogP contribution in [0.4, 0.5) is 5.00 Å². The van der Waals surface area contributed by atoms with Crippen molar-refractivity contribution >= 4 is 55.7 Å². The average Bonchev–Trinajstić information content (AvgIpc) is 3.28. The summed E-state index contributed by atoms with van der Waals surface area (Å²) in [7, 11) is 0. The third kappa shape index (κ3) is 3.93. The molecule has 168 valence electrons. The lowest BCUT2D eigenvalue weighted by Gasteiger charge is -2.12. The molecule has 32 heavy (non-hydrogen) atoms. The van der Waals surface area contributed by atoms with E-state index in [2.05, 4.69) is 10.3 Å². The van der Waals surface area contributed by atoms with E-state index < -0.39 is 23.4 Å².